The van der Waals surface area contributed by atoms with Crippen LogP contribution in [0, 0.1) is 0 Å². The Morgan fingerprint density at radius 3 is 1.32 bits per heavy atom. The number of hydrogen-bond donors (Lipinski definition) is 2. The zero-order valence-electron chi connectivity index (χ0n) is 14.4. The van der Waals surface area contributed by atoms with Gasteiger partial charge < -0.3 is 9.97 Å². The molecule has 0 fully saturated rings. The Bertz CT molecular complexity index is 612. The normalized spacial score (nSPS) is 13.5. The quantitative estimate of drug-likeness (QED) is 0.624. The van der Waals surface area contributed by atoms with E-state index >= 15 is 0 Å². The van der Waals surface area contributed by atoms with Gasteiger partial charge in [-0.25, -0.2) is 0 Å². The summed E-state index contributed by atoms with van der Waals surface area (Å²) in [6.07, 6.45) is 3.47. The van der Waals surface area contributed by atoms with E-state index in [0.29, 0.717) is 0 Å². The lowest BCUT2D eigenvalue weighted by molar-refractivity contribution is 0.572. The summed E-state index contributed by atoms with van der Waals surface area (Å²) < 4.78 is 0. The van der Waals surface area contributed by atoms with Crippen LogP contribution in [0.5, 0.6) is 0 Å². The lowest BCUT2D eigenvalue weighted by Crippen LogP contribution is -2.11. The maximum atomic E-state index is 4.10. The zero-order valence-corrected chi connectivity index (χ0v) is 14.4. The Balaban J connectivity index is 2.00. The molecule has 4 nitrogen and oxygen atoms in total. The largest absolute Gasteiger partial charge is 0.357 e. The molecule has 2 aromatic rings. The number of rotatable bonds is 3. The van der Waals surface area contributed by atoms with Crippen LogP contribution in [0.25, 0.3) is 0 Å². The Kier molecular flexibility index (Phi) is 4.40. The van der Waals surface area contributed by atoms with Gasteiger partial charge >= 0.3 is 0 Å². The monoisotopic (exact) mass is 298 g/mol. The van der Waals surface area contributed by atoms with E-state index in [4.69, 9.17) is 0 Å². The van der Waals surface area contributed by atoms with E-state index in [1.165, 1.54) is 11.4 Å². The Labute approximate surface area is 132 Å². The molecule has 0 unspecified atom stereocenters. The average Bonchev–Trinajstić information content (AvgIpc) is 3.02. The van der Waals surface area contributed by atoms with Gasteiger partial charge in [0.15, 0.2) is 0 Å². The summed E-state index contributed by atoms with van der Waals surface area (Å²) in [5, 5.41) is 8.19. The summed E-state index contributed by atoms with van der Waals surface area (Å²) in [6, 6.07) is 8.22. The molecule has 4 heteroatoms. The van der Waals surface area contributed by atoms with Crippen LogP contribution in [0.4, 0.5) is 0 Å². The minimum absolute atomic E-state index is 0.114. The fourth-order valence-corrected chi connectivity index (χ4v) is 2.04. The second kappa shape index (κ2) is 5.95. The van der Waals surface area contributed by atoms with Crippen LogP contribution in [0.15, 0.2) is 34.5 Å². The highest BCUT2D eigenvalue weighted by Crippen LogP contribution is 2.21. The first-order chi connectivity index (χ1) is 10.2. The van der Waals surface area contributed by atoms with Crippen molar-refractivity contribution in [3.8, 4) is 0 Å². The molecule has 118 valence electrons. The van der Waals surface area contributed by atoms with Gasteiger partial charge in [-0.15, -0.1) is 0 Å². The lowest BCUT2D eigenvalue weighted by Gasteiger charge is -2.15. The molecule has 0 spiro atoms. The molecule has 2 heterocycles. The van der Waals surface area contributed by atoms with E-state index in [1.807, 2.05) is 12.1 Å². The number of aromatic nitrogens is 2. The first kappa shape index (κ1) is 16.3. The van der Waals surface area contributed by atoms with Crippen LogP contribution < -0.4 is 0 Å². The minimum atomic E-state index is 0.114. The highest BCUT2D eigenvalue weighted by Gasteiger charge is 2.15. The number of aromatic amines is 2. The first-order valence-corrected chi connectivity index (χ1v) is 7.62. The summed E-state index contributed by atoms with van der Waals surface area (Å²) in [6.45, 7) is 13.1. The molecule has 2 rings (SSSR count). The second-order valence-corrected chi connectivity index (χ2v) is 7.64. The topological polar surface area (TPSA) is 56.3 Å². The third-order valence-corrected chi connectivity index (χ3v) is 3.49. The van der Waals surface area contributed by atoms with Gasteiger partial charge in [-0.1, -0.05) is 41.5 Å². The SMILES string of the molecule is CC(C)(C)c1ccc(/C=N/N=C/c2ccc(C(C)(C)C)[nH]2)[nH]1. The van der Waals surface area contributed by atoms with Crippen LogP contribution in [-0.2, 0) is 10.8 Å². The lowest BCUT2D eigenvalue weighted by atomic mass is 9.93. The predicted octanol–water partition coefficient (Wildman–Crippen LogP) is 4.39. The zero-order chi connectivity index (χ0) is 16.4. The van der Waals surface area contributed by atoms with Crippen molar-refractivity contribution in [2.24, 2.45) is 10.2 Å². The van der Waals surface area contributed by atoms with Crippen molar-refractivity contribution in [3.05, 3.63) is 47.0 Å². The number of nitrogens with one attached hydrogen (secondary N) is 2. The van der Waals surface area contributed by atoms with Crippen molar-refractivity contribution in [2.45, 2.75) is 52.4 Å². The molecule has 0 aliphatic heterocycles. The van der Waals surface area contributed by atoms with Crippen LogP contribution in [0.1, 0.15) is 64.3 Å². The predicted molar refractivity (Wildman–Crippen MR) is 94.2 cm³/mol. The molecule has 0 atom stereocenters. The second-order valence-electron chi connectivity index (χ2n) is 7.64. The van der Waals surface area contributed by atoms with Gasteiger partial charge in [-0.2, -0.15) is 10.2 Å². The molecule has 0 aromatic carbocycles. The average molecular weight is 298 g/mol. The molecule has 0 saturated carbocycles. The van der Waals surface area contributed by atoms with E-state index in [0.717, 1.165) is 11.4 Å². The molecular weight excluding hydrogens is 272 g/mol. The van der Waals surface area contributed by atoms with Crippen LogP contribution in [-0.4, -0.2) is 22.4 Å². The molecule has 0 amide bonds. The van der Waals surface area contributed by atoms with Crippen molar-refractivity contribution < 1.29 is 0 Å². The first-order valence-electron chi connectivity index (χ1n) is 7.62. The number of H-pyrrole nitrogens is 2. The smallest absolute Gasteiger partial charge is 0.0730 e. The van der Waals surface area contributed by atoms with Crippen LogP contribution in [0.2, 0.25) is 0 Å². The maximum Gasteiger partial charge on any atom is 0.0730 e. The van der Waals surface area contributed by atoms with Crippen molar-refractivity contribution in [1.29, 1.82) is 0 Å². The third-order valence-electron chi connectivity index (χ3n) is 3.49. The molecule has 22 heavy (non-hydrogen) atoms. The molecule has 0 aliphatic rings. The summed E-state index contributed by atoms with van der Waals surface area (Å²) in [7, 11) is 0. The van der Waals surface area contributed by atoms with Gasteiger partial charge in [0.25, 0.3) is 0 Å². The van der Waals surface area contributed by atoms with Crippen LogP contribution in [0.3, 0.4) is 0 Å². The Morgan fingerprint density at radius 1 is 0.682 bits per heavy atom. The standard InChI is InChI=1S/C18H26N4/c1-17(2,3)15-9-7-13(21-15)11-19-20-12-14-8-10-16(22-14)18(4,5)6/h7-12,21-22H,1-6H3/b19-11+,20-12+. The van der Waals surface area contributed by atoms with Gasteiger partial charge in [0, 0.05) is 22.2 Å². The number of nitrogens with zero attached hydrogens (tertiary/aromatic N) is 2. The van der Waals surface area contributed by atoms with Gasteiger partial charge in [0.05, 0.1) is 23.8 Å². The van der Waals surface area contributed by atoms with Gasteiger partial charge in [0.1, 0.15) is 0 Å². The minimum Gasteiger partial charge on any atom is -0.357 e. The number of hydrogen-bond acceptors (Lipinski definition) is 2. The highest BCUT2D eigenvalue weighted by molar-refractivity contribution is 5.80. The van der Waals surface area contributed by atoms with E-state index in [-0.39, 0.29) is 10.8 Å². The van der Waals surface area contributed by atoms with E-state index in [1.54, 1.807) is 12.4 Å². The highest BCUT2D eigenvalue weighted by atomic mass is 15.2. The summed E-state index contributed by atoms with van der Waals surface area (Å²) >= 11 is 0. The molecule has 0 saturated heterocycles. The third kappa shape index (κ3) is 4.20. The van der Waals surface area contributed by atoms with E-state index in [2.05, 4.69) is 73.8 Å². The van der Waals surface area contributed by atoms with Crippen molar-refractivity contribution in [3.63, 3.8) is 0 Å². The van der Waals surface area contributed by atoms with Gasteiger partial charge in [0.2, 0.25) is 0 Å². The van der Waals surface area contributed by atoms with Crippen molar-refractivity contribution >= 4 is 12.4 Å². The van der Waals surface area contributed by atoms with E-state index in [9.17, 15) is 0 Å². The molecule has 2 N–H and O–H groups in total. The Hall–Kier alpha value is -2.10. The van der Waals surface area contributed by atoms with Crippen molar-refractivity contribution in [2.75, 3.05) is 0 Å². The van der Waals surface area contributed by atoms with Gasteiger partial charge in [-0.3, -0.25) is 0 Å². The summed E-state index contributed by atoms with van der Waals surface area (Å²) in [4.78, 5) is 6.69. The molecule has 0 aliphatic carbocycles. The fraction of sp³-hybridized carbons (Fsp3) is 0.444. The molecule has 0 bridgehead atoms. The fourth-order valence-electron chi connectivity index (χ4n) is 2.04. The maximum absolute atomic E-state index is 4.10. The molecular formula is C18H26N4. The van der Waals surface area contributed by atoms with Crippen molar-refractivity contribution in [1.82, 2.24) is 9.97 Å². The van der Waals surface area contributed by atoms with Crippen LogP contribution >= 0.6 is 0 Å². The summed E-state index contributed by atoms with van der Waals surface area (Å²) in [5.74, 6) is 0. The van der Waals surface area contributed by atoms with E-state index < -0.39 is 0 Å². The van der Waals surface area contributed by atoms with Gasteiger partial charge in [-0.05, 0) is 24.3 Å². The molecule has 2 aromatic heterocycles. The summed E-state index contributed by atoms with van der Waals surface area (Å²) in [5.41, 5.74) is 4.54. The Morgan fingerprint density at radius 2 is 1.05 bits per heavy atom. The molecule has 0 radical (unpaired) electrons.